The number of aromatic nitrogens is 4. The highest BCUT2D eigenvalue weighted by Gasteiger charge is 2.60. The number of imidazole rings is 1. The second-order valence-corrected chi connectivity index (χ2v) is 13.9. The maximum absolute atomic E-state index is 12.9. The second-order valence-electron chi connectivity index (χ2n) is 13.9. The largest absolute Gasteiger partial charge is 0.352 e. The number of hydrogen-bond acceptors (Lipinski definition) is 4. The number of amides is 2. The number of nitrogens with zero attached hydrogens (tertiary/aromatic N) is 3. The van der Waals surface area contributed by atoms with Crippen molar-refractivity contribution in [2.24, 2.45) is 17.3 Å². The van der Waals surface area contributed by atoms with Gasteiger partial charge in [0.15, 0.2) is 0 Å². The number of alkyl halides is 4. The summed E-state index contributed by atoms with van der Waals surface area (Å²) in [5.74, 6) is -4.29. The summed E-state index contributed by atoms with van der Waals surface area (Å²) in [4.78, 5) is 32.1. The Labute approximate surface area is 274 Å². The first kappa shape index (κ1) is 36.4. The molecule has 7 rings (SSSR count). The first-order valence-corrected chi connectivity index (χ1v) is 17.0. The first-order chi connectivity index (χ1) is 22.2. The van der Waals surface area contributed by atoms with E-state index in [0.717, 1.165) is 29.4 Å². The molecule has 4 saturated carbocycles. The molecule has 4 aliphatic rings. The maximum atomic E-state index is 12.9. The third-order valence-corrected chi connectivity index (χ3v) is 8.73. The zero-order valence-corrected chi connectivity index (χ0v) is 28.3. The van der Waals surface area contributed by atoms with Crippen molar-refractivity contribution in [3.8, 4) is 0 Å². The average Bonchev–Trinajstić information content (AvgIpc) is 3.66. The Balaban J connectivity index is 0.000000272. The van der Waals surface area contributed by atoms with E-state index < -0.39 is 11.8 Å². The van der Waals surface area contributed by atoms with Crippen LogP contribution in [0.25, 0.3) is 11.0 Å². The van der Waals surface area contributed by atoms with E-state index in [0.29, 0.717) is 24.0 Å². The highest BCUT2D eigenvalue weighted by Crippen LogP contribution is 2.64. The summed E-state index contributed by atoms with van der Waals surface area (Å²) in [6, 6.07) is 7.30. The third-order valence-electron chi connectivity index (χ3n) is 8.73. The fraction of sp³-hybridized carbons (Fsp3) is 0.657. The van der Waals surface area contributed by atoms with E-state index in [1.54, 1.807) is 16.9 Å². The van der Waals surface area contributed by atoms with Crippen molar-refractivity contribution < 1.29 is 27.2 Å². The molecular formula is C35H50F4N6O2. The van der Waals surface area contributed by atoms with E-state index in [1.165, 1.54) is 19.3 Å². The Hall–Kier alpha value is -3.44. The van der Waals surface area contributed by atoms with Crippen LogP contribution >= 0.6 is 0 Å². The topological polar surface area (TPSA) is 105 Å². The van der Waals surface area contributed by atoms with Crippen LogP contribution < -0.4 is 10.6 Å². The van der Waals surface area contributed by atoms with Gasteiger partial charge in [0.05, 0.1) is 17.6 Å². The van der Waals surface area contributed by atoms with Gasteiger partial charge in [-0.2, -0.15) is 5.10 Å². The van der Waals surface area contributed by atoms with Crippen molar-refractivity contribution in [2.45, 2.75) is 130 Å². The van der Waals surface area contributed by atoms with E-state index in [1.807, 2.05) is 45.9 Å². The molecule has 2 amide bonds. The van der Waals surface area contributed by atoms with Crippen molar-refractivity contribution in [1.29, 1.82) is 0 Å². The molecule has 0 bridgehead atoms. The summed E-state index contributed by atoms with van der Waals surface area (Å²) < 4.78 is 52.2. The minimum Gasteiger partial charge on any atom is -0.352 e. The standard InChI is InChI=1S/C22H26F2N6O2.C8H12F2.C3H6.C2H6/c1-13(2)30-18(5-6-27-30)21(32)26-12-19-28-16-4-3-14(7-17(16)29-19)11-25-20(31)8-15-9-22(23,24)10-15;1-6-2-7(3-6)4-8(9,10)5-7;1-2-3-1;1-2/h3-7,13,15H,8-12H2,1-2H3,(H,25,31)(H,26,32)(H,28,29);6H,2-5H2,1H3;1-3H2;1-2H3. The Bertz CT molecular complexity index is 1470. The van der Waals surface area contributed by atoms with Gasteiger partial charge in [0.1, 0.15) is 11.5 Å². The molecule has 1 aromatic carbocycles. The van der Waals surface area contributed by atoms with Crippen LogP contribution in [0.1, 0.15) is 127 Å². The molecule has 0 unspecified atom stereocenters. The predicted octanol–water partition coefficient (Wildman–Crippen LogP) is 8.35. The predicted molar refractivity (Wildman–Crippen MR) is 174 cm³/mol. The van der Waals surface area contributed by atoms with Crippen molar-refractivity contribution in [2.75, 3.05) is 0 Å². The second kappa shape index (κ2) is 15.2. The Morgan fingerprint density at radius 3 is 2.17 bits per heavy atom. The lowest BCUT2D eigenvalue weighted by atomic mass is 9.51. The quantitative estimate of drug-likeness (QED) is 0.211. The molecule has 47 heavy (non-hydrogen) atoms. The Kier molecular flexibility index (Phi) is 11.8. The molecule has 4 fully saturated rings. The molecule has 2 heterocycles. The van der Waals surface area contributed by atoms with Gasteiger partial charge in [-0.3, -0.25) is 14.3 Å². The summed E-state index contributed by atoms with van der Waals surface area (Å²) in [6.07, 6.45) is 8.23. The Morgan fingerprint density at radius 2 is 1.62 bits per heavy atom. The van der Waals surface area contributed by atoms with E-state index in [-0.39, 0.29) is 67.8 Å². The number of benzene rings is 1. The van der Waals surface area contributed by atoms with Gasteiger partial charge in [0, 0.05) is 50.9 Å². The fourth-order valence-electron chi connectivity index (χ4n) is 6.68. The highest BCUT2D eigenvalue weighted by atomic mass is 19.3. The van der Waals surface area contributed by atoms with Crippen molar-refractivity contribution in [1.82, 2.24) is 30.4 Å². The molecule has 12 heteroatoms. The highest BCUT2D eigenvalue weighted by molar-refractivity contribution is 5.92. The van der Waals surface area contributed by atoms with Crippen LogP contribution in [0.2, 0.25) is 0 Å². The van der Waals surface area contributed by atoms with Gasteiger partial charge >= 0.3 is 0 Å². The van der Waals surface area contributed by atoms with Gasteiger partial charge in [0.2, 0.25) is 17.8 Å². The number of carbonyl (C=O) groups is 2. The molecule has 0 radical (unpaired) electrons. The fourth-order valence-corrected chi connectivity index (χ4v) is 6.68. The summed E-state index contributed by atoms with van der Waals surface area (Å²) >= 11 is 0. The van der Waals surface area contributed by atoms with E-state index in [9.17, 15) is 27.2 Å². The number of aromatic amines is 1. The van der Waals surface area contributed by atoms with E-state index in [2.05, 4.69) is 32.6 Å². The van der Waals surface area contributed by atoms with Gasteiger partial charge in [-0.05, 0) is 67.7 Å². The molecule has 3 N–H and O–H groups in total. The van der Waals surface area contributed by atoms with Gasteiger partial charge in [-0.25, -0.2) is 22.5 Å². The van der Waals surface area contributed by atoms with Crippen LogP contribution in [0, 0.1) is 17.3 Å². The molecule has 3 aromatic rings. The van der Waals surface area contributed by atoms with Crippen molar-refractivity contribution in [3.05, 3.63) is 47.5 Å². The summed E-state index contributed by atoms with van der Waals surface area (Å²) in [5, 5.41) is 9.79. The Morgan fingerprint density at radius 1 is 0.957 bits per heavy atom. The van der Waals surface area contributed by atoms with Crippen molar-refractivity contribution >= 4 is 22.8 Å². The van der Waals surface area contributed by atoms with Crippen molar-refractivity contribution in [3.63, 3.8) is 0 Å². The smallest absolute Gasteiger partial charge is 0.269 e. The number of rotatable bonds is 8. The van der Waals surface area contributed by atoms with Crippen LogP contribution in [0.3, 0.4) is 0 Å². The van der Waals surface area contributed by atoms with E-state index >= 15 is 0 Å². The summed E-state index contributed by atoms with van der Waals surface area (Å²) in [6.45, 7) is 10.6. The number of halogens is 4. The zero-order valence-electron chi connectivity index (χ0n) is 28.3. The third kappa shape index (κ3) is 10.3. The summed E-state index contributed by atoms with van der Waals surface area (Å²) in [7, 11) is 0. The lowest BCUT2D eigenvalue weighted by molar-refractivity contribution is -0.204. The normalized spacial score (nSPS) is 19.8. The lowest BCUT2D eigenvalue weighted by Gasteiger charge is -2.56. The summed E-state index contributed by atoms with van der Waals surface area (Å²) in [5.41, 5.74) is 2.98. The monoisotopic (exact) mass is 662 g/mol. The van der Waals surface area contributed by atoms with Crippen LogP contribution in [-0.4, -0.2) is 43.4 Å². The average molecular weight is 663 g/mol. The molecule has 0 saturated heterocycles. The molecule has 8 nitrogen and oxygen atoms in total. The minimum atomic E-state index is -2.61. The van der Waals surface area contributed by atoms with Crippen LogP contribution in [-0.2, 0) is 17.9 Å². The molecule has 260 valence electrons. The number of fused-ring (bicyclic) bond motifs is 1. The number of nitrogens with one attached hydrogen (secondary N) is 3. The molecular weight excluding hydrogens is 612 g/mol. The number of hydrogen-bond donors (Lipinski definition) is 3. The SMILES string of the molecule is C1CC1.CC.CC(C)n1nccc1C(=O)NCc1nc2ccc(CNC(=O)CC3CC(F)(F)C3)cc2[nH]1.CC1CC2(C1)CC(F)(F)C2. The lowest BCUT2D eigenvalue weighted by Crippen LogP contribution is -2.52. The number of H-pyrrole nitrogens is 1. The molecule has 0 atom stereocenters. The van der Waals surface area contributed by atoms with Crippen LogP contribution in [0.5, 0.6) is 0 Å². The van der Waals surface area contributed by atoms with Gasteiger partial charge < -0.3 is 15.6 Å². The first-order valence-electron chi connectivity index (χ1n) is 17.0. The molecule has 0 aliphatic heterocycles. The van der Waals surface area contributed by atoms with Gasteiger partial charge in [-0.1, -0.05) is 46.1 Å². The number of carbonyl (C=O) groups excluding carboxylic acids is 2. The minimum absolute atomic E-state index is 0.0746. The zero-order chi connectivity index (χ0) is 34.4. The van der Waals surface area contributed by atoms with Gasteiger partial charge in [-0.15, -0.1) is 0 Å². The van der Waals surface area contributed by atoms with Crippen LogP contribution in [0.4, 0.5) is 17.6 Å². The van der Waals surface area contributed by atoms with Gasteiger partial charge in [0.25, 0.3) is 5.91 Å². The molecule has 4 aliphatic carbocycles. The maximum Gasteiger partial charge on any atom is 0.269 e. The van der Waals surface area contributed by atoms with E-state index in [4.69, 9.17) is 0 Å². The molecule has 1 spiro atoms. The van der Waals surface area contributed by atoms with Crippen LogP contribution in [0.15, 0.2) is 30.5 Å². The molecule has 2 aromatic heterocycles.